The number of carbonyl (C=O) groups excluding carboxylic acids is 4. The molecule has 0 aromatic heterocycles. The minimum absolute atomic E-state index is 0.107. The minimum Gasteiger partial charge on any atom is -0.462 e. The van der Waals surface area contributed by atoms with Crippen LogP contribution in [0.3, 0.4) is 0 Å². The van der Waals surface area contributed by atoms with Crippen molar-refractivity contribution in [1.29, 1.82) is 0 Å². The van der Waals surface area contributed by atoms with Crippen molar-refractivity contribution in [3.63, 3.8) is 0 Å². The average molecular weight is 1380 g/mol. The van der Waals surface area contributed by atoms with E-state index in [9.17, 15) is 43.2 Å². The monoisotopic (exact) mass is 1380 g/mol. The molecule has 0 amide bonds. The molecule has 0 saturated heterocycles. The largest absolute Gasteiger partial charge is 0.472 e. The van der Waals surface area contributed by atoms with E-state index in [-0.39, 0.29) is 25.7 Å². The molecular formula is C75H146O17P2. The number of ether oxygens (including phenoxy) is 4. The van der Waals surface area contributed by atoms with Gasteiger partial charge >= 0.3 is 39.5 Å². The van der Waals surface area contributed by atoms with Crippen LogP contribution in [0.25, 0.3) is 0 Å². The number of phosphoric ester groups is 2. The number of rotatable bonds is 76. The Bertz CT molecular complexity index is 1790. The van der Waals surface area contributed by atoms with E-state index in [1.54, 1.807) is 0 Å². The van der Waals surface area contributed by atoms with Crippen molar-refractivity contribution in [3.05, 3.63) is 0 Å². The molecule has 0 aromatic rings. The third-order valence-corrected chi connectivity index (χ3v) is 19.5. The number of aliphatic hydroxyl groups excluding tert-OH is 1. The summed E-state index contributed by atoms with van der Waals surface area (Å²) in [6, 6.07) is 0. The highest BCUT2D eigenvalue weighted by Gasteiger charge is 2.30. The van der Waals surface area contributed by atoms with E-state index < -0.39 is 97.5 Å². The second-order valence-electron chi connectivity index (χ2n) is 27.0. The smallest absolute Gasteiger partial charge is 0.462 e. The summed E-state index contributed by atoms with van der Waals surface area (Å²) in [5.74, 6) is -2.12. The number of aliphatic hydroxyl groups is 1. The van der Waals surface area contributed by atoms with Gasteiger partial charge in [-0.25, -0.2) is 9.13 Å². The van der Waals surface area contributed by atoms with Crippen molar-refractivity contribution < 1.29 is 80.2 Å². The van der Waals surface area contributed by atoms with Gasteiger partial charge < -0.3 is 33.8 Å². The molecule has 558 valence electrons. The lowest BCUT2D eigenvalue weighted by molar-refractivity contribution is -0.161. The first-order valence-electron chi connectivity index (χ1n) is 39.3. The molecule has 0 radical (unpaired) electrons. The summed E-state index contributed by atoms with van der Waals surface area (Å²) in [6.45, 7) is 4.94. The van der Waals surface area contributed by atoms with Crippen LogP contribution in [0.15, 0.2) is 0 Å². The Balaban J connectivity index is 5.16. The van der Waals surface area contributed by atoms with Crippen LogP contribution in [-0.2, 0) is 65.4 Å². The molecule has 0 rings (SSSR count). The van der Waals surface area contributed by atoms with Gasteiger partial charge in [-0.15, -0.1) is 0 Å². The second kappa shape index (κ2) is 69.5. The number of hydrogen-bond donors (Lipinski definition) is 3. The number of carbonyl (C=O) groups is 4. The van der Waals surface area contributed by atoms with Gasteiger partial charge in [-0.3, -0.25) is 37.3 Å². The first kappa shape index (κ1) is 92.1. The molecule has 0 aromatic carbocycles. The van der Waals surface area contributed by atoms with E-state index in [1.165, 1.54) is 218 Å². The standard InChI is InChI=1S/C75H146O17P2/c1-5-9-13-17-21-24-27-29-31-33-34-35-36-38-40-43-46-50-54-58-62-75(80)92-71(66-86-73(78)60-56-52-48-44-42-39-37-32-30-28-25-22-18-14-10-6-2)68-90-94(83,84)88-64-69(76)63-87-93(81,82)89-67-70(65-85-72(77)59-55-51-47-20-16-12-8-4)91-74(79)61-57-53-49-45-41-26-23-19-15-11-7-3/h69-71,76H,5-68H2,1-4H3,(H,81,82)(H,83,84)/t69-,70+,71+/m0/s1. The molecule has 0 saturated carbocycles. The highest BCUT2D eigenvalue weighted by Crippen LogP contribution is 2.45. The molecule has 94 heavy (non-hydrogen) atoms. The maximum absolute atomic E-state index is 13.1. The van der Waals surface area contributed by atoms with E-state index in [0.717, 1.165) is 103 Å². The molecule has 0 bridgehead atoms. The molecule has 5 atom stereocenters. The fourth-order valence-electron chi connectivity index (χ4n) is 11.6. The molecular weight excluding hydrogens is 1230 g/mol. The van der Waals surface area contributed by atoms with Gasteiger partial charge in [0.1, 0.15) is 19.3 Å². The van der Waals surface area contributed by atoms with Gasteiger partial charge in [-0.2, -0.15) is 0 Å². The molecule has 17 nitrogen and oxygen atoms in total. The second-order valence-corrected chi connectivity index (χ2v) is 29.9. The number of esters is 4. The summed E-state index contributed by atoms with van der Waals surface area (Å²) in [7, 11) is -9.90. The number of unbranched alkanes of at least 4 members (excludes halogenated alkanes) is 50. The zero-order chi connectivity index (χ0) is 69.0. The van der Waals surface area contributed by atoms with Crippen molar-refractivity contribution in [2.75, 3.05) is 39.6 Å². The summed E-state index contributed by atoms with van der Waals surface area (Å²) in [5.41, 5.74) is 0. The Labute approximate surface area is 575 Å². The number of hydrogen-bond acceptors (Lipinski definition) is 15. The van der Waals surface area contributed by atoms with Crippen LogP contribution in [0.1, 0.15) is 400 Å². The third kappa shape index (κ3) is 68.6. The average Bonchev–Trinajstić information content (AvgIpc) is 1.80. The number of phosphoric acid groups is 2. The zero-order valence-electron chi connectivity index (χ0n) is 60.9. The fraction of sp³-hybridized carbons (Fsp3) is 0.947. The molecule has 2 unspecified atom stereocenters. The zero-order valence-corrected chi connectivity index (χ0v) is 62.7. The van der Waals surface area contributed by atoms with Crippen molar-refractivity contribution in [3.8, 4) is 0 Å². The fourth-order valence-corrected chi connectivity index (χ4v) is 13.2. The predicted octanol–water partition coefficient (Wildman–Crippen LogP) is 22.2. The van der Waals surface area contributed by atoms with Gasteiger partial charge in [0.2, 0.25) is 0 Å². The summed E-state index contributed by atoms with van der Waals surface area (Å²) >= 11 is 0. The topological polar surface area (TPSA) is 237 Å². The van der Waals surface area contributed by atoms with Crippen LogP contribution < -0.4 is 0 Å². The molecule has 0 aliphatic carbocycles. The molecule has 0 spiro atoms. The van der Waals surface area contributed by atoms with Crippen LogP contribution in [0.5, 0.6) is 0 Å². The van der Waals surface area contributed by atoms with E-state index in [4.69, 9.17) is 37.0 Å². The summed E-state index contributed by atoms with van der Waals surface area (Å²) in [6.07, 6.45) is 59.8. The van der Waals surface area contributed by atoms with Crippen molar-refractivity contribution >= 4 is 39.5 Å². The van der Waals surface area contributed by atoms with Gasteiger partial charge in [0.25, 0.3) is 0 Å². The summed E-state index contributed by atoms with van der Waals surface area (Å²) in [4.78, 5) is 72.6. The maximum atomic E-state index is 13.1. The Hall–Kier alpha value is -1.94. The molecule has 3 N–H and O–H groups in total. The van der Waals surface area contributed by atoms with Crippen molar-refractivity contribution in [2.45, 2.75) is 418 Å². The molecule has 0 heterocycles. The van der Waals surface area contributed by atoms with E-state index in [2.05, 4.69) is 27.7 Å². The van der Waals surface area contributed by atoms with Crippen LogP contribution in [-0.4, -0.2) is 96.7 Å². The molecule has 19 heteroatoms. The highest BCUT2D eigenvalue weighted by atomic mass is 31.2. The van der Waals surface area contributed by atoms with E-state index >= 15 is 0 Å². The van der Waals surface area contributed by atoms with Crippen LogP contribution in [0.4, 0.5) is 0 Å². The normalized spacial score (nSPS) is 13.9. The molecule has 0 fully saturated rings. The molecule has 0 aliphatic heterocycles. The Morgan fingerprint density at radius 2 is 0.426 bits per heavy atom. The third-order valence-electron chi connectivity index (χ3n) is 17.6. The van der Waals surface area contributed by atoms with Crippen LogP contribution >= 0.6 is 15.6 Å². The van der Waals surface area contributed by atoms with E-state index in [1.807, 2.05) is 0 Å². The Morgan fingerprint density at radius 3 is 0.628 bits per heavy atom. The lowest BCUT2D eigenvalue weighted by atomic mass is 10.0. The van der Waals surface area contributed by atoms with Crippen LogP contribution in [0, 0.1) is 0 Å². The summed E-state index contributed by atoms with van der Waals surface area (Å²) < 4.78 is 68.4. The first-order chi connectivity index (χ1) is 45.7. The van der Waals surface area contributed by atoms with Crippen molar-refractivity contribution in [2.24, 2.45) is 0 Å². The van der Waals surface area contributed by atoms with Gasteiger partial charge in [-0.05, 0) is 25.7 Å². The predicted molar refractivity (Wildman–Crippen MR) is 382 cm³/mol. The highest BCUT2D eigenvalue weighted by molar-refractivity contribution is 7.47. The molecule has 0 aliphatic rings. The Morgan fingerprint density at radius 1 is 0.255 bits per heavy atom. The Kier molecular flexibility index (Phi) is 68.1. The quantitative estimate of drug-likeness (QED) is 0.0222. The van der Waals surface area contributed by atoms with Gasteiger partial charge in [0.05, 0.1) is 26.4 Å². The van der Waals surface area contributed by atoms with E-state index in [0.29, 0.717) is 25.7 Å². The van der Waals surface area contributed by atoms with Gasteiger partial charge in [0, 0.05) is 25.7 Å². The summed E-state index contributed by atoms with van der Waals surface area (Å²) in [5, 5.41) is 10.6. The van der Waals surface area contributed by atoms with Crippen molar-refractivity contribution in [1.82, 2.24) is 0 Å². The van der Waals surface area contributed by atoms with Crippen LogP contribution in [0.2, 0.25) is 0 Å². The lowest BCUT2D eigenvalue weighted by Gasteiger charge is -2.21. The SMILES string of the molecule is CCCCCCCCCCCCCCCCCCCCCCC(=O)O[C@H](COC(=O)CCCCCCCCCCCCCCCCCC)COP(=O)(O)OC[C@@H](O)COP(=O)(O)OC[C@@H](COC(=O)CCCCCCCCC)OC(=O)CCCCCCCCCCCCC. The maximum Gasteiger partial charge on any atom is 0.472 e. The van der Waals surface area contributed by atoms with Gasteiger partial charge in [-0.1, -0.05) is 349 Å². The van der Waals surface area contributed by atoms with Gasteiger partial charge in [0.15, 0.2) is 12.2 Å². The first-order valence-corrected chi connectivity index (χ1v) is 42.3. The minimum atomic E-state index is -4.95. The lowest BCUT2D eigenvalue weighted by Crippen LogP contribution is -2.30.